The van der Waals surface area contributed by atoms with E-state index < -0.39 is 9.84 Å². The minimum Gasteiger partial charge on any atom is -0.496 e. The number of amides is 3. The molecule has 1 saturated carbocycles. The summed E-state index contributed by atoms with van der Waals surface area (Å²) in [7, 11) is -2.57. The van der Waals surface area contributed by atoms with Crippen molar-refractivity contribution in [3.63, 3.8) is 0 Å². The number of nitrogens with one attached hydrogen (secondary N) is 1. The van der Waals surface area contributed by atoms with Crippen LogP contribution in [-0.2, 0) is 19.4 Å². The Balaban J connectivity index is 1.61. The Morgan fingerprint density at radius 1 is 1.12 bits per heavy atom. The van der Waals surface area contributed by atoms with Crippen LogP contribution >= 0.6 is 11.3 Å². The maximum atomic E-state index is 13.4. The third kappa shape index (κ3) is 4.78. The third-order valence-electron chi connectivity index (χ3n) is 5.96. The molecule has 2 aliphatic rings. The number of rotatable bonds is 6. The molecular formula is C22H26N4O6S2. The molecule has 0 spiro atoms. The van der Waals surface area contributed by atoms with E-state index in [2.05, 4.69) is 10.3 Å². The Morgan fingerprint density at radius 3 is 2.35 bits per heavy atom. The Bertz CT molecular complexity index is 1240. The van der Waals surface area contributed by atoms with Gasteiger partial charge in [-0.15, -0.1) is 0 Å². The molecule has 1 aliphatic carbocycles. The number of methoxy groups -OCH3 is 1. The summed E-state index contributed by atoms with van der Waals surface area (Å²) in [5.41, 5.74) is 0.557. The number of piperazine rings is 1. The van der Waals surface area contributed by atoms with Crippen molar-refractivity contribution >= 4 is 44.0 Å². The molecule has 3 amide bonds. The van der Waals surface area contributed by atoms with Crippen LogP contribution in [0.2, 0.25) is 0 Å². The first kappa shape index (κ1) is 24.1. The number of anilines is 1. The summed E-state index contributed by atoms with van der Waals surface area (Å²) < 4.78 is 32.2. The fraction of sp³-hybridized carbons (Fsp3) is 0.455. The first-order valence-electron chi connectivity index (χ1n) is 10.9. The van der Waals surface area contributed by atoms with Gasteiger partial charge in [-0.1, -0.05) is 11.3 Å². The van der Waals surface area contributed by atoms with Gasteiger partial charge in [-0.05, 0) is 37.5 Å². The molecule has 12 heteroatoms. The molecule has 10 nitrogen and oxygen atoms in total. The zero-order valence-corrected chi connectivity index (χ0v) is 20.8. The molecule has 1 aliphatic heterocycles. The lowest BCUT2D eigenvalue weighted by Gasteiger charge is -2.34. The van der Waals surface area contributed by atoms with Crippen LogP contribution < -0.4 is 10.1 Å². The standard InChI is InChI=1S/C22H26N4O6S2/c1-13-10-17(32-3)16(21(29)26-8-6-25(7-9-26)14(2)27)11-18(13)34(30,31)19-12-23-22(33-19)24-20(28)15-4-5-15/h10-12,15H,4-9H2,1-3H3,(H,23,24,28). The Labute approximate surface area is 201 Å². The summed E-state index contributed by atoms with van der Waals surface area (Å²) >= 11 is 0.877. The lowest BCUT2D eigenvalue weighted by molar-refractivity contribution is -0.130. The van der Waals surface area contributed by atoms with Crippen LogP contribution in [0, 0.1) is 12.8 Å². The maximum Gasteiger partial charge on any atom is 0.257 e. The van der Waals surface area contributed by atoms with Gasteiger partial charge in [0.15, 0.2) is 5.13 Å². The zero-order valence-electron chi connectivity index (χ0n) is 19.2. The predicted octanol–water partition coefficient (Wildman–Crippen LogP) is 1.95. The number of ether oxygens (including phenoxy) is 1. The highest BCUT2D eigenvalue weighted by atomic mass is 32.2. The second kappa shape index (κ2) is 9.34. The fourth-order valence-corrected chi connectivity index (χ4v) is 6.45. The Hall–Kier alpha value is -2.99. The van der Waals surface area contributed by atoms with E-state index in [1.165, 1.54) is 32.4 Å². The van der Waals surface area contributed by atoms with Crippen LogP contribution in [-0.4, -0.2) is 74.2 Å². The van der Waals surface area contributed by atoms with Gasteiger partial charge in [0, 0.05) is 39.0 Å². The van der Waals surface area contributed by atoms with Gasteiger partial charge in [-0.25, -0.2) is 13.4 Å². The fourth-order valence-electron chi connectivity index (χ4n) is 3.78. The molecule has 2 fully saturated rings. The van der Waals surface area contributed by atoms with E-state index in [1.807, 2.05) is 0 Å². The molecule has 4 rings (SSSR count). The van der Waals surface area contributed by atoms with E-state index in [-0.39, 0.29) is 49.2 Å². The van der Waals surface area contributed by atoms with Crippen molar-refractivity contribution in [2.75, 3.05) is 38.6 Å². The quantitative estimate of drug-likeness (QED) is 0.635. The number of benzene rings is 1. The predicted molar refractivity (Wildman–Crippen MR) is 125 cm³/mol. The van der Waals surface area contributed by atoms with Crippen molar-refractivity contribution in [3.05, 3.63) is 29.5 Å². The SMILES string of the molecule is COc1cc(C)c(S(=O)(=O)c2cnc(NC(=O)C3CC3)s2)cc1C(=O)N1CCN(C(C)=O)CC1. The molecule has 0 unspecified atom stereocenters. The number of nitrogens with zero attached hydrogens (tertiary/aromatic N) is 3. The Morgan fingerprint density at radius 2 is 1.76 bits per heavy atom. The molecule has 2 aromatic rings. The van der Waals surface area contributed by atoms with Crippen LogP contribution in [0.15, 0.2) is 27.4 Å². The van der Waals surface area contributed by atoms with Gasteiger partial charge in [0.2, 0.25) is 21.7 Å². The highest BCUT2D eigenvalue weighted by Gasteiger charge is 2.32. The van der Waals surface area contributed by atoms with Crippen LogP contribution in [0.4, 0.5) is 5.13 Å². The minimum atomic E-state index is -4.00. The van der Waals surface area contributed by atoms with E-state index in [4.69, 9.17) is 4.74 Å². The summed E-state index contributed by atoms with van der Waals surface area (Å²) in [5, 5.41) is 2.88. The van der Waals surface area contributed by atoms with Crippen molar-refractivity contribution < 1.29 is 27.5 Å². The molecule has 1 N–H and O–H groups in total. The smallest absolute Gasteiger partial charge is 0.257 e. The summed E-state index contributed by atoms with van der Waals surface area (Å²) in [6.45, 7) is 4.63. The zero-order chi connectivity index (χ0) is 24.6. The summed E-state index contributed by atoms with van der Waals surface area (Å²) in [4.78, 5) is 44.1. The number of thiazole rings is 1. The number of carbonyl (C=O) groups excluding carboxylic acids is 3. The molecule has 0 bridgehead atoms. The Kier molecular flexibility index (Phi) is 6.63. The molecule has 1 aromatic carbocycles. The molecule has 1 aromatic heterocycles. The number of hydrogen-bond acceptors (Lipinski definition) is 8. The third-order valence-corrected chi connectivity index (χ3v) is 9.23. The summed E-state index contributed by atoms with van der Waals surface area (Å²) in [6, 6.07) is 2.87. The van der Waals surface area contributed by atoms with Gasteiger partial charge in [0.25, 0.3) is 5.91 Å². The van der Waals surface area contributed by atoms with E-state index >= 15 is 0 Å². The normalized spacial score (nSPS) is 16.3. The van der Waals surface area contributed by atoms with E-state index in [0.717, 1.165) is 24.2 Å². The maximum absolute atomic E-state index is 13.4. The molecule has 182 valence electrons. The van der Waals surface area contributed by atoms with Crippen molar-refractivity contribution in [1.82, 2.24) is 14.8 Å². The molecular weight excluding hydrogens is 480 g/mol. The average Bonchev–Trinajstić information content (AvgIpc) is 3.56. The van der Waals surface area contributed by atoms with Gasteiger partial charge < -0.3 is 19.9 Å². The number of carbonyl (C=O) groups is 3. The lowest BCUT2D eigenvalue weighted by atomic mass is 10.1. The highest BCUT2D eigenvalue weighted by Crippen LogP contribution is 2.35. The van der Waals surface area contributed by atoms with Gasteiger partial charge >= 0.3 is 0 Å². The molecule has 0 radical (unpaired) electrons. The first-order chi connectivity index (χ1) is 16.1. The van der Waals surface area contributed by atoms with E-state index in [9.17, 15) is 22.8 Å². The second-order valence-corrected chi connectivity index (χ2v) is 11.5. The van der Waals surface area contributed by atoms with Gasteiger partial charge in [0.05, 0.1) is 23.8 Å². The minimum absolute atomic E-state index is 0.0252. The van der Waals surface area contributed by atoms with Crippen LogP contribution in [0.1, 0.15) is 35.7 Å². The first-order valence-corrected chi connectivity index (χ1v) is 13.2. The van der Waals surface area contributed by atoms with Crippen LogP contribution in [0.5, 0.6) is 5.75 Å². The van der Waals surface area contributed by atoms with Crippen LogP contribution in [0.25, 0.3) is 0 Å². The van der Waals surface area contributed by atoms with Crippen molar-refractivity contribution in [2.24, 2.45) is 5.92 Å². The molecule has 0 atom stereocenters. The topological polar surface area (TPSA) is 126 Å². The molecule has 1 saturated heterocycles. The lowest BCUT2D eigenvalue weighted by Crippen LogP contribution is -2.50. The average molecular weight is 507 g/mol. The highest BCUT2D eigenvalue weighted by molar-refractivity contribution is 7.93. The van der Waals surface area contributed by atoms with Gasteiger partial charge in [-0.2, -0.15) is 0 Å². The van der Waals surface area contributed by atoms with E-state index in [0.29, 0.717) is 31.7 Å². The number of aromatic nitrogens is 1. The second-order valence-electron chi connectivity index (χ2n) is 8.37. The van der Waals surface area contributed by atoms with Crippen molar-refractivity contribution in [3.8, 4) is 5.75 Å². The molecule has 2 heterocycles. The van der Waals surface area contributed by atoms with Crippen LogP contribution in [0.3, 0.4) is 0 Å². The van der Waals surface area contributed by atoms with E-state index in [1.54, 1.807) is 16.7 Å². The number of hydrogen-bond donors (Lipinski definition) is 1. The number of sulfone groups is 1. The number of aryl methyl sites for hydroxylation is 1. The van der Waals surface area contributed by atoms with Crippen molar-refractivity contribution in [2.45, 2.75) is 35.8 Å². The monoisotopic (exact) mass is 506 g/mol. The van der Waals surface area contributed by atoms with Crippen molar-refractivity contribution in [1.29, 1.82) is 0 Å². The van der Waals surface area contributed by atoms with Gasteiger partial charge in [-0.3, -0.25) is 14.4 Å². The summed E-state index contributed by atoms with van der Waals surface area (Å²) in [5.74, 6) is -0.323. The summed E-state index contributed by atoms with van der Waals surface area (Å²) in [6.07, 6.45) is 2.87. The largest absolute Gasteiger partial charge is 0.496 e. The molecule has 34 heavy (non-hydrogen) atoms. The van der Waals surface area contributed by atoms with Gasteiger partial charge in [0.1, 0.15) is 9.96 Å².